The van der Waals surface area contributed by atoms with Gasteiger partial charge in [0.25, 0.3) is 5.91 Å². The summed E-state index contributed by atoms with van der Waals surface area (Å²) in [4.78, 5) is 32.3. The van der Waals surface area contributed by atoms with Gasteiger partial charge in [0.2, 0.25) is 5.88 Å². The van der Waals surface area contributed by atoms with Gasteiger partial charge in [-0.2, -0.15) is 5.10 Å². The number of rotatable bonds is 7. The van der Waals surface area contributed by atoms with Crippen LogP contribution in [0.2, 0.25) is 0 Å². The minimum absolute atomic E-state index is 0.0217. The number of aryl methyl sites for hydroxylation is 2. The number of fused-ring (bicyclic) bond motifs is 3. The minimum Gasteiger partial charge on any atom is -0.474 e. The van der Waals surface area contributed by atoms with E-state index in [2.05, 4.69) is 21.9 Å². The molecule has 0 radical (unpaired) electrons. The van der Waals surface area contributed by atoms with E-state index in [0.29, 0.717) is 42.5 Å². The van der Waals surface area contributed by atoms with Crippen molar-refractivity contribution < 1.29 is 19.1 Å². The van der Waals surface area contributed by atoms with Gasteiger partial charge in [-0.3, -0.25) is 9.48 Å². The Morgan fingerprint density at radius 1 is 1.10 bits per heavy atom. The molecule has 0 aromatic carbocycles. The molecule has 228 valence electrons. The fraction of sp³-hybridized carbons (Fsp3) is 0.697. The van der Waals surface area contributed by atoms with Gasteiger partial charge in [0, 0.05) is 48.7 Å². The normalized spacial score (nSPS) is 27.3. The average molecular weight is 578 g/mol. The molecule has 2 aromatic rings. The summed E-state index contributed by atoms with van der Waals surface area (Å²) < 4.78 is 13.8. The lowest BCUT2D eigenvalue weighted by Crippen LogP contribution is -2.47. The van der Waals surface area contributed by atoms with Crippen LogP contribution >= 0.6 is 0 Å². The minimum atomic E-state index is -0.523. The van der Waals surface area contributed by atoms with Gasteiger partial charge in [-0.15, -0.1) is 0 Å². The molecular weight excluding hydrogens is 530 g/mol. The largest absolute Gasteiger partial charge is 0.474 e. The van der Waals surface area contributed by atoms with Crippen LogP contribution in [0.15, 0.2) is 18.3 Å². The quantitative estimate of drug-likeness (QED) is 0.457. The fourth-order valence-electron chi connectivity index (χ4n) is 7.42. The van der Waals surface area contributed by atoms with Crippen LogP contribution in [0.4, 0.5) is 4.79 Å². The topological polar surface area (TPSA) is 98.6 Å². The summed E-state index contributed by atoms with van der Waals surface area (Å²) in [7, 11) is 0. The van der Waals surface area contributed by atoms with Crippen LogP contribution in [0.3, 0.4) is 0 Å². The maximum absolute atomic E-state index is 13.8. The number of carbonyl (C=O) groups is 2. The summed E-state index contributed by atoms with van der Waals surface area (Å²) in [5.74, 6) is 3.27. The van der Waals surface area contributed by atoms with E-state index < -0.39 is 5.60 Å². The third kappa shape index (κ3) is 6.16. The van der Waals surface area contributed by atoms with Crippen molar-refractivity contribution in [3.8, 4) is 5.88 Å². The van der Waals surface area contributed by atoms with E-state index in [9.17, 15) is 9.59 Å². The van der Waals surface area contributed by atoms with Crippen molar-refractivity contribution in [2.75, 3.05) is 13.1 Å². The second-order valence-electron chi connectivity index (χ2n) is 14.1. The Kier molecular flexibility index (Phi) is 7.96. The van der Waals surface area contributed by atoms with Gasteiger partial charge in [-0.05, 0) is 109 Å². The van der Waals surface area contributed by atoms with Crippen LogP contribution in [-0.2, 0) is 17.7 Å². The molecule has 1 saturated heterocycles. The maximum atomic E-state index is 13.8. The van der Waals surface area contributed by atoms with E-state index in [1.807, 2.05) is 44.7 Å². The number of amides is 2. The highest BCUT2D eigenvalue weighted by atomic mass is 16.6. The summed E-state index contributed by atoms with van der Waals surface area (Å²) in [6.45, 7) is 12.1. The Morgan fingerprint density at radius 2 is 1.83 bits per heavy atom. The first-order chi connectivity index (χ1) is 20.1. The molecular formula is C33H47N5O4. The fourth-order valence-corrected chi connectivity index (χ4v) is 7.42. The van der Waals surface area contributed by atoms with Gasteiger partial charge < -0.3 is 19.7 Å². The number of hydrogen-bond donors (Lipinski definition) is 1. The zero-order valence-electron chi connectivity index (χ0n) is 25.9. The Morgan fingerprint density at radius 3 is 2.52 bits per heavy atom. The molecule has 0 unspecified atom stereocenters. The molecule has 3 aliphatic carbocycles. The summed E-state index contributed by atoms with van der Waals surface area (Å²) in [6.07, 6.45) is 9.66. The van der Waals surface area contributed by atoms with E-state index in [1.54, 1.807) is 6.20 Å². The zero-order chi connectivity index (χ0) is 29.6. The molecule has 1 N–H and O–H groups in total. The van der Waals surface area contributed by atoms with Crippen molar-refractivity contribution in [1.82, 2.24) is 25.0 Å². The zero-order valence-corrected chi connectivity index (χ0v) is 25.9. The van der Waals surface area contributed by atoms with Crippen LogP contribution in [0.5, 0.6) is 5.88 Å². The number of nitrogens with one attached hydrogen (secondary N) is 1. The number of alkyl carbamates (subject to hydrolysis) is 1. The average Bonchev–Trinajstić information content (AvgIpc) is 3.25. The summed E-state index contributed by atoms with van der Waals surface area (Å²) in [5.41, 5.74) is 3.78. The lowest BCUT2D eigenvalue weighted by atomic mass is 9.85. The molecule has 6 rings (SSSR count). The molecule has 2 saturated carbocycles. The van der Waals surface area contributed by atoms with Crippen molar-refractivity contribution in [2.45, 2.75) is 116 Å². The van der Waals surface area contributed by atoms with Crippen molar-refractivity contribution in [3.63, 3.8) is 0 Å². The van der Waals surface area contributed by atoms with Crippen LogP contribution in [0.25, 0.3) is 0 Å². The summed E-state index contributed by atoms with van der Waals surface area (Å²) in [6, 6.07) is 4.02. The molecule has 3 heterocycles. The van der Waals surface area contributed by atoms with Crippen LogP contribution in [-0.4, -0.2) is 62.5 Å². The van der Waals surface area contributed by atoms with E-state index in [0.717, 1.165) is 69.4 Å². The number of aromatic nitrogens is 3. The smallest absolute Gasteiger partial charge is 0.407 e. The highest BCUT2D eigenvalue weighted by molar-refractivity contribution is 5.95. The van der Waals surface area contributed by atoms with E-state index in [1.165, 1.54) is 11.3 Å². The van der Waals surface area contributed by atoms with E-state index in [-0.39, 0.29) is 24.1 Å². The first-order valence-corrected chi connectivity index (χ1v) is 16.0. The maximum Gasteiger partial charge on any atom is 0.407 e. The molecule has 0 spiro atoms. The number of carbonyl (C=O) groups excluding carboxylic acids is 2. The Bertz CT molecular complexity index is 1300. The molecule has 3 atom stereocenters. The number of nitrogens with zero attached hydrogens (tertiary/aromatic N) is 4. The number of likely N-dealkylation sites (tertiary alicyclic amines) is 1. The molecule has 4 aliphatic rings. The third-order valence-corrected chi connectivity index (χ3v) is 9.91. The Balaban J connectivity index is 1.04. The highest BCUT2D eigenvalue weighted by Crippen LogP contribution is 2.62. The van der Waals surface area contributed by atoms with E-state index >= 15 is 0 Å². The monoisotopic (exact) mass is 577 g/mol. The number of ether oxygens (including phenoxy) is 2. The lowest BCUT2D eigenvalue weighted by Gasteiger charge is -2.32. The Labute approximate surface area is 249 Å². The van der Waals surface area contributed by atoms with Crippen LogP contribution < -0.4 is 10.1 Å². The first-order valence-electron chi connectivity index (χ1n) is 16.0. The molecule has 0 bridgehead atoms. The second-order valence-corrected chi connectivity index (χ2v) is 14.1. The molecule has 9 nitrogen and oxygen atoms in total. The van der Waals surface area contributed by atoms with Gasteiger partial charge in [-0.25, -0.2) is 9.78 Å². The van der Waals surface area contributed by atoms with Crippen molar-refractivity contribution >= 4 is 12.0 Å². The molecule has 2 amide bonds. The van der Waals surface area contributed by atoms with Crippen molar-refractivity contribution in [3.05, 3.63) is 40.8 Å². The third-order valence-electron chi connectivity index (χ3n) is 9.91. The van der Waals surface area contributed by atoms with Gasteiger partial charge in [0.1, 0.15) is 11.7 Å². The number of pyridine rings is 1. The van der Waals surface area contributed by atoms with E-state index in [4.69, 9.17) is 14.6 Å². The van der Waals surface area contributed by atoms with Gasteiger partial charge in [0.15, 0.2) is 5.69 Å². The van der Waals surface area contributed by atoms with Gasteiger partial charge in [0.05, 0.1) is 0 Å². The summed E-state index contributed by atoms with van der Waals surface area (Å²) >= 11 is 0. The molecule has 9 heteroatoms. The van der Waals surface area contributed by atoms with Crippen LogP contribution in [0.1, 0.15) is 106 Å². The number of piperidine rings is 1. The van der Waals surface area contributed by atoms with Crippen molar-refractivity contribution in [1.29, 1.82) is 0 Å². The Hall–Kier alpha value is -3.10. The van der Waals surface area contributed by atoms with Crippen molar-refractivity contribution in [2.24, 2.45) is 17.8 Å². The lowest BCUT2D eigenvalue weighted by molar-refractivity contribution is 0.0473. The second kappa shape index (κ2) is 11.5. The highest BCUT2D eigenvalue weighted by Gasteiger charge is 2.56. The molecule has 3 fully saturated rings. The standard InChI is InChI=1S/C33H47N5O4/c1-20-7-6-15-34-30(20)41-24-10-8-22(9-11-24)12-18-38-26-19-25-21(2)27(25)28(26)29(36-38)31(39)37-16-13-23(14-17-37)35-32(40)42-33(3,4)5/h6-7,15,21-25,27H,8-14,16-19H2,1-5H3,(H,35,40)/t21-,22-,24+,25+,27-/m1/s1. The molecule has 42 heavy (non-hydrogen) atoms. The summed E-state index contributed by atoms with van der Waals surface area (Å²) in [5, 5.41) is 7.97. The molecule has 2 aromatic heterocycles. The first kappa shape index (κ1) is 29.0. The number of hydrogen-bond acceptors (Lipinski definition) is 6. The molecule has 1 aliphatic heterocycles. The predicted molar refractivity (Wildman–Crippen MR) is 160 cm³/mol. The SMILES string of the molecule is Cc1cccnc1O[C@H]1CC[C@@H](CCn2nc(C(=O)N3CCC(NC(=O)OC(C)(C)C)CC3)c3c2C[C@H]2[C@@H](C)[C@@H]32)CC1. The van der Waals surface area contributed by atoms with Crippen LogP contribution in [0, 0.1) is 24.7 Å². The van der Waals surface area contributed by atoms with Gasteiger partial charge >= 0.3 is 6.09 Å². The van der Waals surface area contributed by atoms with Gasteiger partial charge in [-0.1, -0.05) is 13.0 Å². The predicted octanol–water partition coefficient (Wildman–Crippen LogP) is 5.65.